The van der Waals surface area contributed by atoms with Crippen LogP contribution in [0.1, 0.15) is 33.6 Å². The van der Waals surface area contributed by atoms with Gasteiger partial charge in [-0.3, -0.25) is 4.79 Å². The van der Waals surface area contributed by atoms with Gasteiger partial charge >= 0.3 is 0 Å². The molecule has 0 unspecified atom stereocenters. The molecule has 1 fully saturated rings. The van der Waals surface area contributed by atoms with Gasteiger partial charge in [0.25, 0.3) is 6.47 Å². The Bertz CT molecular complexity index is 205. The van der Waals surface area contributed by atoms with Crippen molar-refractivity contribution in [2.45, 2.75) is 45.3 Å². The third kappa shape index (κ3) is 11.4. The van der Waals surface area contributed by atoms with E-state index in [2.05, 4.69) is 16.6 Å². The molecule has 0 radical (unpaired) electrons. The Balaban J connectivity index is 0.000000325. The summed E-state index contributed by atoms with van der Waals surface area (Å²) in [5, 5.41) is 3.28. The van der Waals surface area contributed by atoms with E-state index in [0.717, 1.165) is 13.1 Å². The number of hydrogen-bond donors (Lipinski definition) is 1. The Morgan fingerprint density at radius 3 is 2.53 bits per heavy atom. The average molecular weight is 243 g/mol. The summed E-state index contributed by atoms with van der Waals surface area (Å²) >= 11 is 0. The van der Waals surface area contributed by atoms with E-state index in [1.807, 2.05) is 20.8 Å². The van der Waals surface area contributed by atoms with Crippen molar-refractivity contribution in [3.63, 3.8) is 0 Å². The number of carbonyl (C=O) groups excluding carboxylic acids is 1. The van der Waals surface area contributed by atoms with Gasteiger partial charge in [0, 0.05) is 6.54 Å². The molecular weight excluding hydrogens is 218 g/mol. The van der Waals surface area contributed by atoms with Crippen LogP contribution in [-0.2, 0) is 14.3 Å². The molecule has 0 aromatic rings. The summed E-state index contributed by atoms with van der Waals surface area (Å²) in [6.45, 7) is 12.4. The van der Waals surface area contributed by atoms with E-state index in [-0.39, 0.29) is 5.60 Å². The molecule has 1 aliphatic rings. The first kappa shape index (κ1) is 16.1. The molecule has 0 aromatic heterocycles. The lowest BCUT2D eigenvalue weighted by molar-refractivity contribution is -0.138. The molecule has 17 heavy (non-hydrogen) atoms. The van der Waals surface area contributed by atoms with Gasteiger partial charge in [0.2, 0.25) is 0 Å². The quantitative estimate of drug-likeness (QED) is 0.605. The van der Waals surface area contributed by atoms with Crippen LogP contribution in [0.15, 0.2) is 12.7 Å². The zero-order valence-corrected chi connectivity index (χ0v) is 11.2. The fourth-order valence-corrected chi connectivity index (χ4v) is 1.31. The van der Waals surface area contributed by atoms with Crippen molar-refractivity contribution in [2.75, 3.05) is 19.7 Å². The summed E-state index contributed by atoms with van der Waals surface area (Å²) in [5.41, 5.74) is -0.318. The SMILES string of the molecule is C=CCO[C@H]1CCCNC1.CC(C)(C)OC=O. The van der Waals surface area contributed by atoms with E-state index >= 15 is 0 Å². The highest BCUT2D eigenvalue weighted by Gasteiger charge is 2.11. The Labute approximate surface area is 104 Å². The largest absolute Gasteiger partial charge is 0.462 e. The van der Waals surface area contributed by atoms with Crippen molar-refractivity contribution in [1.29, 1.82) is 0 Å². The fourth-order valence-electron chi connectivity index (χ4n) is 1.31. The number of ether oxygens (including phenoxy) is 2. The van der Waals surface area contributed by atoms with Crippen LogP contribution in [-0.4, -0.2) is 37.9 Å². The molecule has 0 amide bonds. The maximum Gasteiger partial charge on any atom is 0.293 e. The molecular formula is C13H25NO3. The number of hydrogen-bond acceptors (Lipinski definition) is 4. The zero-order valence-electron chi connectivity index (χ0n) is 11.2. The first-order valence-corrected chi connectivity index (χ1v) is 6.04. The lowest BCUT2D eigenvalue weighted by Gasteiger charge is -2.22. The average Bonchev–Trinajstić information content (AvgIpc) is 2.27. The van der Waals surface area contributed by atoms with Crippen LogP contribution >= 0.6 is 0 Å². The van der Waals surface area contributed by atoms with Gasteiger partial charge in [-0.05, 0) is 40.2 Å². The van der Waals surface area contributed by atoms with Crippen LogP contribution in [0.2, 0.25) is 0 Å². The maximum absolute atomic E-state index is 9.60. The molecule has 0 saturated carbocycles. The highest BCUT2D eigenvalue weighted by Crippen LogP contribution is 2.05. The van der Waals surface area contributed by atoms with Gasteiger partial charge in [0.1, 0.15) is 5.60 Å². The van der Waals surface area contributed by atoms with Gasteiger partial charge in [-0.25, -0.2) is 0 Å². The summed E-state index contributed by atoms with van der Waals surface area (Å²) in [6, 6.07) is 0. The second kappa shape index (κ2) is 9.19. The zero-order chi connectivity index (χ0) is 13.1. The van der Waals surface area contributed by atoms with Crippen molar-refractivity contribution in [1.82, 2.24) is 5.32 Å². The second-order valence-corrected chi connectivity index (χ2v) is 4.92. The number of piperidine rings is 1. The standard InChI is InChI=1S/C8H15NO.C5H10O2/c1-2-6-10-8-4-3-5-9-7-8;1-5(2,3)7-4-6/h2,8-9H,1,3-7H2;4H,1-3H3/t8-;/m0./s1. The van der Waals surface area contributed by atoms with Gasteiger partial charge in [0.05, 0.1) is 12.7 Å². The molecule has 1 heterocycles. The number of rotatable bonds is 4. The summed E-state index contributed by atoms with van der Waals surface area (Å²) in [5.74, 6) is 0. The first-order chi connectivity index (χ1) is 7.99. The predicted octanol–water partition coefficient (Wildman–Crippen LogP) is 1.90. The van der Waals surface area contributed by atoms with Crippen LogP contribution in [0.5, 0.6) is 0 Å². The topological polar surface area (TPSA) is 47.6 Å². The van der Waals surface area contributed by atoms with Crippen molar-refractivity contribution in [2.24, 2.45) is 0 Å². The highest BCUT2D eigenvalue weighted by atomic mass is 16.5. The Morgan fingerprint density at radius 2 is 2.18 bits per heavy atom. The van der Waals surface area contributed by atoms with E-state index < -0.39 is 0 Å². The van der Waals surface area contributed by atoms with Gasteiger partial charge in [0.15, 0.2) is 0 Å². The third-order valence-corrected chi connectivity index (χ3v) is 2.10. The van der Waals surface area contributed by atoms with E-state index in [4.69, 9.17) is 4.74 Å². The van der Waals surface area contributed by atoms with Gasteiger partial charge in [-0.15, -0.1) is 6.58 Å². The van der Waals surface area contributed by atoms with E-state index in [1.165, 1.54) is 12.8 Å². The normalized spacial score (nSPS) is 19.8. The van der Waals surface area contributed by atoms with Gasteiger partial charge in [-0.2, -0.15) is 0 Å². The van der Waals surface area contributed by atoms with Crippen LogP contribution in [0.3, 0.4) is 0 Å². The second-order valence-electron chi connectivity index (χ2n) is 4.92. The molecule has 0 aliphatic carbocycles. The Kier molecular flexibility index (Phi) is 8.72. The van der Waals surface area contributed by atoms with E-state index in [0.29, 0.717) is 19.2 Å². The van der Waals surface area contributed by atoms with Crippen LogP contribution in [0.25, 0.3) is 0 Å². The fraction of sp³-hybridized carbons (Fsp3) is 0.769. The lowest BCUT2D eigenvalue weighted by Crippen LogP contribution is -2.35. The molecule has 0 spiro atoms. The summed E-state index contributed by atoms with van der Waals surface area (Å²) in [6.07, 6.45) is 4.66. The van der Waals surface area contributed by atoms with Crippen LogP contribution in [0, 0.1) is 0 Å². The lowest BCUT2D eigenvalue weighted by atomic mass is 10.1. The predicted molar refractivity (Wildman–Crippen MR) is 68.9 cm³/mol. The first-order valence-electron chi connectivity index (χ1n) is 6.04. The molecule has 1 saturated heterocycles. The Hall–Kier alpha value is -0.870. The molecule has 1 atom stereocenters. The molecule has 100 valence electrons. The minimum absolute atomic E-state index is 0.318. The molecule has 4 heteroatoms. The summed E-state index contributed by atoms with van der Waals surface area (Å²) in [4.78, 5) is 9.60. The summed E-state index contributed by atoms with van der Waals surface area (Å²) in [7, 11) is 0. The maximum atomic E-state index is 9.60. The van der Waals surface area contributed by atoms with Crippen LogP contribution in [0.4, 0.5) is 0 Å². The molecule has 1 N–H and O–H groups in total. The van der Waals surface area contributed by atoms with Crippen molar-refractivity contribution >= 4 is 6.47 Å². The molecule has 0 bridgehead atoms. The third-order valence-electron chi connectivity index (χ3n) is 2.10. The monoisotopic (exact) mass is 243 g/mol. The van der Waals surface area contributed by atoms with Crippen molar-refractivity contribution in [3.8, 4) is 0 Å². The molecule has 4 nitrogen and oxygen atoms in total. The smallest absolute Gasteiger partial charge is 0.293 e. The van der Waals surface area contributed by atoms with E-state index in [1.54, 1.807) is 6.08 Å². The van der Waals surface area contributed by atoms with Crippen molar-refractivity contribution < 1.29 is 14.3 Å². The molecule has 1 rings (SSSR count). The number of carbonyl (C=O) groups is 1. The highest BCUT2D eigenvalue weighted by molar-refractivity contribution is 5.37. The van der Waals surface area contributed by atoms with E-state index in [9.17, 15) is 4.79 Å². The number of nitrogens with one attached hydrogen (secondary N) is 1. The summed E-state index contributed by atoms with van der Waals surface area (Å²) < 4.78 is 10.0. The van der Waals surface area contributed by atoms with Gasteiger partial charge in [-0.1, -0.05) is 6.08 Å². The molecule has 1 aliphatic heterocycles. The minimum Gasteiger partial charge on any atom is -0.462 e. The van der Waals surface area contributed by atoms with Crippen molar-refractivity contribution in [3.05, 3.63) is 12.7 Å². The van der Waals surface area contributed by atoms with Gasteiger partial charge < -0.3 is 14.8 Å². The molecule has 0 aromatic carbocycles. The Morgan fingerprint density at radius 1 is 1.47 bits per heavy atom. The van der Waals surface area contributed by atoms with Crippen LogP contribution < -0.4 is 5.32 Å². The minimum atomic E-state index is -0.318.